The van der Waals surface area contributed by atoms with Gasteiger partial charge in [0.2, 0.25) is 0 Å². The van der Waals surface area contributed by atoms with Crippen molar-refractivity contribution in [3.63, 3.8) is 0 Å². The molecule has 0 bridgehead atoms. The van der Waals surface area contributed by atoms with Gasteiger partial charge in [0.1, 0.15) is 0 Å². The number of hydrogen-bond donors (Lipinski definition) is 1. The molecule has 2 aromatic rings. The van der Waals surface area contributed by atoms with Crippen molar-refractivity contribution < 1.29 is 0 Å². The second-order valence-electron chi connectivity index (χ2n) is 4.18. The zero-order chi connectivity index (χ0) is 11.5. The predicted octanol–water partition coefficient (Wildman–Crippen LogP) is 4.25. The van der Waals surface area contributed by atoms with Crippen LogP contribution in [0.5, 0.6) is 0 Å². The van der Waals surface area contributed by atoms with Crippen LogP contribution < -0.4 is 5.32 Å². The summed E-state index contributed by atoms with van der Waals surface area (Å²) in [6.07, 6.45) is 0. The molecule has 0 aromatic carbocycles. The molecule has 4 heteroatoms. The smallest absolute Gasteiger partial charge is 0.183 e. The third-order valence-corrected chi connectivity index (χ3v) is 4.02. The molecule has 2 nitrogen and oxygen atoms in total. The summed E-state index contributed by atoms with van der Waals surface area (Å²) in [6, 6.07) is 4.19. The topological polar surface area (TPSA) is 24.9 Å². The van der Waals surface area contributed by atoms with Crippen LogP contribution in [0.25, 0.3) is 10.6 Å². The van der Waals surface area contributed by atoms with E-state index in [2.05, 4.69) is 48.6 Å². The molecule has 2 aromatic heterocycles. The molecule has 0 unspecified atom stereocenters. The molecule has 0 aliphatic rings. The first kappa shape index (κ1) is 11.6. The summed E-state index contributed by atoms with van der Waals surface area (Å²) in [7, 11) is 0. The Morgan fingerprint density at radius 3 is 2.88 bits per heavy atom. The number of thiophene rings is 1. The molecular weight excluding hydrogens is 236 g/mol. The van der Waals surface area contributed by atoms with E-state index in [0.717, 1.165) is 17.4 Å². The third-order valence-electron chi connectivity index (χ3n) is 2.21. The number of aryl methyl sites for hydroxylation is 1. The van der Waals surface area contributed by atoms with Gasteiger partial charge < -0.3 is 5.32 Å². The average Bonchev–Trinajstić information content (AvgIpc) is 2.83. The first-order valence-electron chi connectivity index (χ1n) is 5.42. The Kier molecular flexibility index (Phi) is 3.61. The van der Waals surface area contributed by atoms with Gasteiger partial charge in [0, 0.05) is 11.4 Å². The van der Waals surface area contributed by atoms with Crippen LogP contribution in [0, 0.1) is 12.8 Å². The van der Waals surface area contributed by atoms with Gasteiger partial charge in [0.15, 0.2) is 5.13 Å². The van der Waals surface area contributed by atoms with Gasteiger partial charge in [-0.25, -0.2) is 4.98 Å². The van der Waals surface area contributed by atoms with Gasteiger partial charge in [-0.2, -0.15) is 0 Å². The molecule has 0 amide bonds. The Morgan fingerprint density at radius 1 is 1.44 bits per heavy atom. The second-order valence-corrected chi connectivity index (χ2v) is 6.33. The lowest BCUT2D eigenvalue weighted by Crippen LogP contribution is -2.07. The van der Waals surface area contributed by atoms with Crippen molar-refractivity contribution in [2.45, 2.75) is 20.8 Å². The molecule has 2 rings (SSSR count). The number of nitrogens with zero attached hydrogens (tertiary/aromatic N) is 1. The Hall–Kier alpha value is -0.870. The number of anilines is 1. The molecule has 0 spiro atoms. The van der Waals surface area contributed by atoms with Crippen molar-refractivity contribution >= 4 is 27.8 Å². The maximum absolute atomic E-state index is 4.64. The molecule has 0 fully saturated rings. The minimum absolute atomic E-state index is 0.648. The SMILES string of the molecule is Cc1sc(NCC(C)C)nc1-c1cccs1. The quantitative estimate of drug-likeness (QED) is 0.880. The Balaban J connectivity index is 2.16. The summed E-state index contributed by atoms with van der Waals surface area (Å²) in [5.74, 6) is 0.648. The molecule has 1 N–H and O–H groups in total. The van der Waals surface area contributed by atoms with Crippen LogP contribution in [-0.2, 0) is 0 Å². The standard InChI is InChI=1S/C12H16N2S2/c1-8(2)7-13-12-14-11(9(3)16-12)10-5-4-6-15-10/h4-6,8H,7H2,1-3H3,(H,13,14). The van der Waals surface area contributed by atoms with E-state index in [1.54, 1.807) is 22.7 Å². The molecule has 2 heterocycles. The lowest BCUT2D eigenvalue weighted by Gasteiger charge is -2.04. The molecule has 0 atom stereocenters. The fourth-order valence-corrected chi connectivity index (χ4v) is 3.08. The van der Waals surface area contributed by atoms with Crippen molar-refractivity contribution in [2.24, 2.45) is 5.92 Å². The van der Waals surface area contributed by atoms with E-state index in [0.29, 0.717) is 5.92 Å². The van der Waals surface area contributed by atoms with Gasteiger partial charge in [-0.15, -0.1) is 22.7 Å². The maximum Gasteiger partial charge on any atom is 0.183 e. The molecule has 0 radical (unpaired) electrons. The van der Waals surface area contributed by atoms with Gasteiger partial charge in [-0.05, 0) is 24.3 Å². The van der Waals surface area contributed by atoms with E-state index in [-0.39, 0.29) is 0 Å². The predicted molar refractivity (Wildman–Crippen MR) is 73.5 cm³/mol. The first-order chi connectivity index (χ1) is 7.66. The highest BCUT2D eigenvalue weighted by molar-refractivity contribution is 7.17. The van der Waals surface area contributed by atoms with E-state index in [1.165, 1.54) is 9.75 Å². The van der Waals surface area contributed by atoms with Gasteiger partial charge in [-0.1, -0.05) is 19.9 Å². The number of aromatic nitrogens is 1. The van der Waals surface area contributed by atoms with E-state index in [1.807, 2.05) is 0 Å². The molecule has 0 saturated carbocycles. The normalized spacial score (nSPS) is 11.0. The Morgan fingerprint density at radius 2 is 2.25 bits per heavy atom. The van der Waals surface area contributed by atoms with Crippen LogP contribution in [0.1, 0.15) is 18.7 Å². The van der Waals surface area contributed by atoms with Crippen molar-refractivity contribution in [1.29, 1.82) is 0 Å². The number of nitrogens with one attached hydrogen (secondary N) is 1. The Bertz CT molecular complexity index is 444. The lowest BCUT2D eigenvalue weighted by atomic mass is 10.2. The summed E-state index contributed by atoms with van der Waals surface area (Å²) >= 11 is 3.48. The van der Waals surface area contributed by atoms with Crippen molar-refractivity contribution in [2.75, 3.05) is 11.9 Å². The highest BCUT2D eigenvalue weighted by Crippen LogP contribution is 2.32. The summed E-state index contributed by atoms with van der Waals surface area (Å²) in [6.45, 7) is 7.52. The van der Waals surface area contributed by atoms with Crippen molar-refractivity contribution in [3.8, 4) is 10.6 Å². The van der Waals surface area contributed by atoms with Gasteiger partial charge in [0.25, 0.3) is 0 Å². The van der Waals surface area contributed by atoms with Crippen LogP contribution >= 0.6 is 22.7 Å². The minimum atomic E-state index is 0.648. The molecule has 86 valence electrons. The van der Waals surface area contributed by atoms with Gasteiger partial charge in [0.05, 0.1) is 10.6 Å². The highest BCUT2D eigenvalue weighted by Gasteiger charge is 2.10. The van der Waals surface area contributed by atoms with Crippen LogP contribution in [0.3, 0.4) is 0 Å². The largest absolute Gasteiger partial charge is 0.361 e. The lowest BCUT2D eigenvalue weighted by molar-refractivity contribution is 0.688. The zero-order valence-corrected chi connectivity index (χ0v) is 11.4. The van der Waals surface area contributed by atoms with E-state index >= 15 is 0 Å². The fourth-order valence-electron chi connectivity index (χ4n) is 1.41. The van der Waals surface area contributed by atoms with Crippen LogP contribution in [-0.4, -0.2) is 11.5 Å². The van der Waals surface area contributed by atoms with Crippen molar-refractivity contribution in [1.82, 2.24) is 4.98 Å². The van der Waals surface area contributed by atoms with Gasteiger partial charge >= 0.3 is 0 Å². The molecule has 0 aliphatic carbocycles. The maximum atomic E-state index is 4.64. The number of thiazole rings is 1. The Labute approximate surface area is 104 Å². The molecule has 0 saturated heterocycles. The summed E-state index contributed by atoms with van der Waals surface area (Å²) in [4.78, 5) is 7.18. The first-order valence-corrected chi connectivity index (χ1v) is 7.11. The van der Waals surface area contributed by atoms with Crippen LogP contribution in [0.4, 0.5) is 5.13 Å². The van der Waals surface area contributed by atoms with Crippen LogP contribution in [0.15, 0.2) is 17.5 Å². The molecular formula is C12H16N2S2. The van der Waals surface area contributed by atoms with Gasteiger partial charge in [-0.3, -0.25) is 0 Å². The summed E-state index contributed by atoms with van der Waals surface area (Å²) in [5, 5.41) is 6.51. The molecule has 0 aliphatic heterocycles. The number of rotatable bonds is 4. The van der Waals surface area contributed by atoms with Crippen molar-refractivity contribution in [3.05, 3.63) is 22.4 Å². The molecule has 16 heavy (non-hydrogen) atoms. The second kappa shape index (κ2) is 4.97. The monoisotopic (exact) mass is 252 g/mol. The van der Waals surface area contributed by atoms with E-state index < -0.39 is 0 Å². The highest BCUT2D eigenvalue weighted by atomic mass is 32.1. The van der Waals surface area contributed by atoms with E-state index in [4.69, 9.17) is 0 Å². The zero-order valence-electron chi connectivity index (χ0n) is 9.78. The number of hydrogen-bond acceptors (Lipinski definition) is 4. The van der Waals surface area contributed by atoms with Crippen LogP contribution in [0.2, 0.25) is 0 Å². The summed E-state index contributed by atoms with van der Waals surface area (Å²) in [5.41, 5.74) is 1.13. The third kappa shape index (κ3) is 2.62. The fraction of sp³-hybridized carbons (Fsp3) is 0.417. The summed E-state index contributed by atoms with van der Waals surface area (Å²) < 4.78 is 0. The average molecular weight is 252 g/mol. The minimum Gasteiger partial charge on any atom is -0.361 e. The van der Waals surface area contributed by atoms with E-state index in [9.17, 15) is 0 Å².